The van der Waals surface area contributed by atoms with Gasteiger partial charge in [0.15, 0.2) is 0 Å². The highest BCUT2D eigenvalue weighted by atomic mass is 32.2. The molecule has 0 bridgehead atoms. The average molecular weight is 447 g/mol. The smallest absolute Gasteiger partial charge is 0.269 e. The maximum absolute atomic E-state index is 12.4. The van der Waals surface area contributed by atoms with Gasteiger partial charge in [-0.1, -0.05) is 30.3 Å². The lowest BCUT2D eigenvalue weighted by atomic mass is 10.2. The Labute approximate surface area is 173 Å². The van der Waals surface area contributed by atoms with Gasteiger partial charge in [0.1, 0.15) is 0 Å². The highest BCUT2D eigenvalue weighted by Crippen LogP contribution is 2.20. The summed E-state index contributed by atoms with van der Waals surface area (Å²) < 4.78 is 54.3. The van der Waals surface area contributed by atoms with Crippen molar-refractivity contribution in [1.29, 1.82) is 0 Å². The summed E-state index contributed by atoms with van der Waals surface area (Å²) in [5, 5.41) is 10.8. The summed E-state index contributed by atoms with van der Waals surface area (Å²) in [7, 11) is -7.69. The van der Waals surface area contributed by atoms with Gasteiger partial charge in [-0.25, -0.2) is 16.8 Å². The van der Waals surface area contributed by atoms with Crippen LogP contribution in [-0.2, 0) is 25.8 Å². The predicted octanol–water partition coefficient (Wildman–Crippen LogP) is 3.34. The van der Waals surface area contributed by atoms with Gasteiger partial charge in [-0.05, 0) is 42.0 Å². The number of nitro groups is 1. The largest absolute Gasteiger partial charge is 0.283 e. The molecular formula is C19H17N3O6S2. The van der Waals surface area contributed by atoms with Crippen LogP contribution in [0.2, 0.25) is 0 Å². The first-order valence-electron chi connectivity index (χ1n) is 8.56. The number of hydrogen-bond donors (Lipinski definition) is 2. The van der Waals surface area contributed by atoms with Crippen molar-refractivity contribution in [2.45, 2.75) is 10.6 Å². The Bertz CT molecular complexity index is 1260. The number of hydrogen-bond acceptors (Lipinski definition) is 6. The van der Waals surface area contributed by atoms with Crippen molar-refractivity contribution in [2.24, 2.45) is 0 Å². The average Bonchev–Trinajstić information content (AvgIpc) is 2.68. The van der Waals surface area contributed by atoms with Crippen LogP contribution in [0.15, 0.2) is 83.8 Å². The van der Waals surface area contributed by atoms with Crippen LogP contribution in [0.4, 0.5) is 17.1 Å². The fraction of sp³-hybridized carbons (Fsp3) is 0.0526. The zero-order valence-corrected chi connectivity index (χ0v) is 17.1. The molecule has 0 atom stereocenters. The van der Waals surface area contributed by atoms with Crippen LogP contribution in [0.3, 0.4) is 0 Å². The van der Waals surface area contributed by atoms with Gasteiger partial charge in [0.2, 0.25) is 10.0 Å². The van der Waals surface area contributed by atoms with Gasteiger partial charge in [0, 0.05) is 23.5 Å². The number of nitrogens with zero attached hydrogens (tertiary/aromatic N) is 1. The fourth-order valence-corrected chi connectivity index (χ4v) is 4.86. The van der Waals surface area contributed by atoms with Crippen molar-refractivity contribution >= 4 is 37.1 Å². The molecule has 30 heavy (non-hydrogen) atoms. The minimum absolute atomic E-state index is 0.0343. The van der Waals surface area contributed by atoms with Crippen LogP contribution < -0.4 is 9.44 Å². The van der Waals surface area contributed by atoms with E-state index < -0.39 is 30.7 Å². The number of sulfonamides is 2. The Hall–Kier alpha value is -3.44. The lowest BCUT2D eigenvalue weighted by Crippen LogP contribution is -2.16. The van der Waals surface area contributed by atoms with E-state index in [1.165, 1.54) is 48.5 Å². The van der Waals surface area contributed by atoms with E-state index in [9.17, 15) is 26.9 Å². The molecule has 0 unspecified atom stereocenters. The van der Waals surface area contributed by atoms with Gasteiger partial charge in [-0.15, -0.1) is 0 Å². The van der Waals surface area contributed by atoms with E-state index in [-0.39, 0.29) is 21.8 Å². The van der Waals surface area contributed by atoms with E-state index in [0.717, 1.165) is 0 Å². The van der Waals surface area contributed by atoms with Crippen molar-refractivity contribution in [3.8, 4) is 0 Å². The fourth-order valence-electron chi connectivity index (χ4n) is 2.62. The molecule has 11 heteroatoms. The van der Waals surface area contributed by atoms with Crippen molar-refractivity contribution in [3.05, 3.63) is 94.5 Å². The zero-order chi connectivity index (χ0) is 21.8. The van der Waals surface area contributed by atoms with Crippen molar-refractivity contribution in [1.82, 2.24) is 0 Å². The van der Waals surface area contributed by atoms with E-state index in [2.05, 4.69) is 9.44 Å². The zero-order valence-electron chi connectivity index (χ0n) is 15.4. The molecule has 0 aliphatic carbocycles. The Morgan fingerprint density at radius 1 is 0.767 bits per heavy atom. The third-order valence-electron chi connectivity index (χ3n) is 3.94. The van der Waals surface area contributed by atoms with E-state index in [1.54, 1.807) is 30.3 Å². The van der Waals surface area contributed by atoms with E-state index in [1.807, 2.05) is 0 Å². The van der Waals surface area contributed by atoms with Gasteiger partial charge in [0.25, 0.3) is 15.7 Å². The Morgan fingerprint density at radius 2 is 1.40 bits per heavy atom. The van der Waals surface area contributed by atoms with E-state index in [4.69, 9.17) is 0 Å². The molecule has 0 saturated carbocycles. The van der Waals surface area contributed by atoms with E-state index >= 15 is 0 Å². The Balaban J connectivity index is 1.71. The molecule has 0 aliphatic heterocycles. The molecule has 3 rings (SSSR count). The molecule has 0 fully saturated rings. The number of benzene rings is 3. The maximum Gasteiger partial charge on any atom is 0.269 e. The summed E-state index contributed by atoms with van der Waals surface area (Å²) in [6, 6.07) is 18.9. The molecular weight excluding hydrogens is 430 g/mol. The van der Waals surface area contributed by atoms with Crippen LogP contribution >= 0.6 is 0 Å². The highest BCUT2D eigenvalue weighted by Gasteiger charge is 2.17. The summed E-state index contributed by atoms with van der Waals surface area (Å²) in [5.41, 5.74) is 0.615. The molecule has 3 aromatic rings. The summed E-state index contributed by atoms with van der Waals surface area (Å²) in [5.74, 6) is -0.468. The summed E-state index contributed by atoms with van der Waals surface area (Å²) in [4.78, 5) is 10.2. The molecule has 3 aromatic carbocycles. The molecule has 0 heterocycles. The molecule has 0 aromatic heterocycles. The maximum atomic E-state index is 12.4. The molecule has 0 radical (unpaired) electrons. The lowest BCUT2D eigenvalue weighted by Gasteiger charge is -2.10. The first-order chi connectivity index (χ1) is 14.1. The van der Waals surface area contributed by atoms with Crippen LogP contribution in [0.5, 0.6) is 0 Å². The van der Waals surface area contributed by atoms with Gasteiger partial charge in [0.05, 0.1) is 15.6 Å². The molecule has 0 aliphatic rings. The van der Waals surface area contributed by atoms with Crippen LogP contribution in [-0.4, -0.2) is 21.8 Å². The van der Waals surface area contributed by atoms with E-state index in [0.29, 0.717) is 5.69 Å². The first-order valence-corrected chi connectivity index (χ1v) is 11.7. The quantitative estimate of drug-likeness (QED) is 0.402. The normalized spacial score (nSPS) is 11.6. The van der Waals surface area contributed by atoms with Gasteiger partial charge < -0.3 is 0 Å². The molecule has 0 saturated heterocycles. The number of nitrogens with one attached hydrogen (secondary N) is 2. The van der Waals surface area contributed by atoms with Crippen molar-refractivity contribution < 1.29 is 21.8 Å². The third-order valence-corrected chi connectivity index (χ3v) is 6.60. The van der Waals surface area contributed by atoms with Crippen LogP contribution in [0, 0.1) is 10.1 Å². The monoisotopic (exact) mass is 447 g/mol. The molecule has 0 spiro atoms. The molecule has 0 amide bonds. The van der Waals surface area contributed by atoms with Crippen molar-refractivity contribution in [2.75, 3.05) is 9.44 Å². The summed E-state index contributed by atoms with van der Waals surface area (Å²) >= 11 is 0. The van der Waals surface area contributed by atoms with Gasteiger partial charge in [-0.3, -0.25) is 19.6 Å². The lowest BCUT2D eigenvalue weighted by molar-refractivity contribution is -0.384. The molecule has 9 nitrogen and oxygen atoms in total. The third kappa shape index (κ3) is 5.55. The van der Waals surface area contributed by atoms with Crippen molar-refractivity contribution in [3.63, 3.8) is 0 Å². The SMILES string of the molecule is O=[N+]([O-])c1cccc(CS(=O)(=O)Nc2ccc(S(=O)(=O)Nc3ccccc3)cc2)c1. The molecule has 156 valence electrons. The Morgan fingerprint density at radius 3 is 2.03 bits per heavy atom. The summed E-state index contributed by atoms with van der Waals surface area (Å²) in [6.45, 7) is 0. The predicted molar refractivity (Wildman–Crippen MR) is 113 cm³/mol. The van der Waals surface area contributed by atoms with Gasteiger partial charge >= 0.3 is 0 Å². The topological polar surface area (TPSA) is 135 Å². The number of nitro benzene ring substituents is 1. The van der Waals surface area contributed by atoms with Gasteiger partial charge in [-0.2, -0.15) is 0 Å². The second-order valence-corrected chi connectivity index (χ2v) is 9.69. The minimum Gasteiger partial charge on any atom is -0.283 e. The highest BCUT2D eigenvalue weighted by molar-refractivity contribution is 7.92. The molecule has 2 N–H and O–H groups in total. The Kier molecular flexibility index (Phi) is 6.04. The second kappa shape index (κ2) is 8.51. The minimum atomic E-state index is -3.86. The van der Waals surface area contributed by atoms with Crippen LogP contribution in [0.25, 0.3) is 0 Å². The second-order valence-electron chi connectivity index (χ2n) is 6.28. The standard InChI is InChI=1S/C19H17N3O6S2/c23-22(24)18-8-4-5-15(13-18)14-29(25,26)20-17-9-11-19(12-10-17)30(27,28)21-16-6-2-1-3-7-16/h1-13,20-21H,14H2. The number of anilines is 2. The number of rotatable bonds is 8. The number of non-ortho nitro benzene ring substituents is 1. The van der Waals surface area contributed by atoms with Crippen LogP contribution in [0.1, 0.15) is 5.56 Å². The first kappa shape index (κ1) is 21.3. The summed E-state index contributed by atoms with van der Waals surface area (Å²) in [6.07, 6.45) is 0. The number of para-hydroxylation sites is 1.